The largest absolute Gasteiger partial charge is 0.373 e. The van der Waals surface area contributed by atoms with Gasteiger partial charge in [0.15, 0.2) is 11.6 Å². The lowest BCUT2D eigenvalue weighted by Gasteiger charge is -2.33. The molecule has 0 spiro atoms. The molecule has 2 aromatic carbocycles. The van der Waals surface area contributed by atoms with Gasteiger partial charge in [-0.15, -0.1) is 0 Å². The molecule has 8 nitrogen and oxygen atoms in total. The summed E-state index contributed by atoms with van der Waals surface area (Å²) in [4.78, 5) is 28.5. The van der Waals surface area contributed by atoms with Crippen LogP contribution in [0.15, 0.2) is 61.2 Å². The van der Waals surface area contributed by atoms with Gasteiger partial charge in [-0.3, -0.25) is 4.79 Å². The fourth-order valence-corrected chi connectivity index (χ4v) is 4.79. The second kappa shape index (κ2) is 8.73. The van der Waals surface area contributed by atoms with Crippen LogP contribution in [0.4, 0.5) is 17.2 Å². The van der Waals surface area contributed by atoms with Crippen molar-refractivity contribution in [2.75, 3.05) is 30.9 Å². The van der Waals surface area contributed by atoms with Gasteiger partial charge in [0.2, 0.25) is 0 Å². The summed E-state index contributed by atoms with van der Waals surface area (Å²) >= 11 is 0. The number of rotatable bonds is 6. The first-order valence-corrected chi connectivity index (χ1v) is 12.7. The molecule has 2 aliphatic rings. The fourth-order valence-electron chi connectivity index (χ4n) is 4.79. The van der Waals surface area contributed by atoms with E-state index < -0.39 is 0 Å². The number of nitrogens with zero attached hydrogens (tertiary/aromatic N) is 5. The molecule has 0 bridgehead atoms. The number of benzene rings is 2. The number of fused-ring (bicyclic) bond motifs is 1. The van der Waals surface area contributed by atoms with Crippen molar-refractivity contribution in [1.29, 1.82) is 0 Å². The number of amides is 1. The Kier molecular flexibility index (Phi) is 5.47. The molecule has 3 heterocycles. The highest BCUT2D eigenvalue weighted by Gasteiger charge is 2.31. The molecule has 188 valence electrons. The van der Waals surface area contributed by atoms with Gasteiger partial charge in [-0.2, -0.15) is 0 Å². The van der Waals surface area contributed by atoms with E-state index in [1.807, 2.05) is 55.8 Å². The lowest BCUT2D eigenvalue weighted by molar-refractivity contribution is 0.0930. The zero-order valence-corrected chi connectivity index (χ0v) is 21.6. The van der Waals surface area contributed by atoms with Crippen LogP contribution in [-0.4, -0.2) is 46.1 Å². The van der Waals surface area contributed by atoms with E-state index in [0.29, 0.717) is 24.1 Å². The number of carbonyl (C=O) groups is 1. The van der Waals surface area contributed by atoms with E-state index in [-0.39, 0.29) is 11.3 Å². The van der Waals surface area contributed by atoms with Crippen LogP contribution in [0.5, 0.6) is 0 Å². The van der Waals surface area contributed by atoms with Crippen molar-refractivity contribution in [2.24, 2.45) is 0 Å². The number of hydrogen-bond acceptors (Lipinski definition) is 6. The molecule has 0 atom stereocenters. The zero-order chi connectivity index (χ0) is 25.7. The van der Waals surface area contributed by atoms with Crippen LogP contribution >= 0.6 is 0 Å². The lowest BCUT2D eigenvalue weighted by Crippen LogP contribution is -2.43. The summed E-state index contributed by atoms with van der Waals surface area (Å²) in [5, 5.41) is 6.47. The lowest BCUT2D eigenvalue weighted by atomic mass is 9.79. The third-order valence-electron chi connectivity index (χ3n) is 7.22. The Balaban J connectivity index is 1.30. The Bertz CT molecular complexity index is 1480. The molecule has 2 N–H and O–H groups in total. The third kappa shape index (κ3) is 4.43. The molecule has 1 aliphatic carbocycles. The number of anilines is 3. The molecule has 1 saturated carbocycles. The summed E-state index contributed by atoms with van der Waals surface area (Å²) in [6.07, 6.45) is 8.33. The quantitative estimate of drug-likeness (QED) is 0.391. The molecule has 1 amide bonds. The Morgan fingerprint density at radius 2 is 1.86 bits per heavy atom. The Morgan fingerprint density at radius 1 is 1.08 bits per heavy atom. The summed E-state index contributed by atoms with van der Waals surface area (Å²) < 4.78 is 2.07. The van der Waals surface area contributed by atoms with E-state index in [0.717, 1.165) is 33.8 Å². The van der Waals surface area contributed by atoms with Crippen LogP contribution in [0.25, 0.3) is 17.1 Å². The highest BCUT2D eigenvalue weighted by molar-refractivity contribution is 5.98. The van der Waals surface area contributed by atoms with E-state index >= 15 is 0 Å². The average molecular weight is 494 g/mol. The number of carbonyl (C=O) groups excluding carboxylic acids is 1. The van der Waals surface area contributed by atoms with Crippen LogP contribution in [0.3, 0.4) is 0 Å². The first-order valence-electron chi connectivity index (χ1n) is 12.7. The van der Waals surface area contributed by atoms with E-state index in [4.69, 9.17) is 4.98 Å². The van der Waals surface area contributed by atoms with Crippen molar-refractivity contribution < 1.29 is 4.79 Å². The van der Waals surface area contributed by atoms with Gasteiger partial charge in [0, 0.05) is 60.7 Å². The Morgan fingerprint density at radius 3 is 2.59 bits per heavy atom. The van der Waals surface area contributed by atoms with Crippen LogP contribution < -0.4 is 15.5 Å². The molecule has 0 radical (unpaired) electrons. The van der Waals surface area contributed by atoms with Crippen molar-refractivity contribution in [3.05, 3.63) is 78.0 Å². The van der Waals surface area contributed by atoms with Gasteiger partial charge >= 0.3 is 0 Å². The van der Waals surface area contributed by atoms with Crippen LogP contribution in [0, 0.1) is 0 Å². The van der Waals surface area contributed by atoms with Gasteiger partial charge in [0.25, 0.3) is 5.91 Å². The SMILES string of the molecule is CN(C)c1cnc(-c2ccc(-n3cnc(C4CC4)c3)cc2)nc1Nc1ccc2c(c1)C(C)(C)CNC2=O. The number of hydrogen-bond donors (Lipinski definition) is 2. The summed E-state index contributed by atoms with van der Waals surface area (Å²) in [6, 6.07) is 14.1. The van der Waals surface area contributed by atoms with Crippen molar-refractivity contribution in [2.45, 2.75) is 38.0 Å². The van der Waals surface area contributed by atoms with Crippen LogP contribution in [0.1, 0.15) is 54.2 Å². The number of nitrogens with one attached hydrogen (secondary N) is 2. The molecule has 8 heteroatoms. The first kappa shape index (κ1) is 23.2. The van der Waals surface area contributed by atoms with Crippen LogP contribution in [-0.2, 0) is 5.41 Å². The maximum atomic E-state index is 12.4. The number of aromatic nitrogens is 4. The minimum atomic E-state index is -0.154. The molecule has 37 heavy (non-hydrogen) atoms. The predicted octanol–water partition coefficient (Wildman–Crippen LogP) is 5.04. The molecular formula is C29H31N7O. The normalized spacial score (nSPS) is 16.2. The Hall–Kier alpha value is -4.20. The van der Waals surface area contributed by atoms with Crippen molar-refractivity contribution in [3.8, 4) is 17.1 Å². The summed E-state index contributed by atoms with van der Waals surface area (Å²) in [5.74, 6) is 1.96. The summed E-state index contributed by atoms with van der Waals surface area (Å²) in [5.41, 5.74) is 6.53. The monoisotopic (exact) mass is 493 g/mol. The molecular weight excluding hydrogens is 462 g/mol. The van der Waals surface area contributed by atoms with Crippen molar-refractivity contribution in [1.82, 2.24) is 24.8 Å². The van der Waals surface area contributed by atoms with Gasteiger partial charge in [-0.25, -0.2) is 15.0 Å². The minimum absolute atomic E-state index is 0.0259. The van der Waals surface area contributed by atoms with E-state index in [2.05, 4.69) is 63.4 Å². The average Bonchev–Trinajstić information content (AvgIpc) is 3.63. The second-order valence-electron chi connectivity index (χ2n) is 10.8. The summed E-state index contributed by atoms with van der Waals surface area (Å²) in [6.45, 7) is 4.90. The van der Waals surface area contributed by atoms with Crippen molar-refractivity contribution >= 4 is 23.1 Å². The third-order valence-corrected chi connectivity index (χ3v) is 7.22. The fraction of sp³-hybridized carbons (Fsp3) is 0.310. The van der Waals surface area contributed by atoms with Gasteiger partial charge < -0.3 is 20.1 Å². The zero-order valence-electron chi connectivity index (χ0n) is 21.6. The standard InChI is InChI=1S/C29H31N7O/c1-29(2)16-31-28(37)22-12-9-20(13-23(22)29)33-27-25(35(3)4)14-30-26(34-27)19-7-10-21(11-8-19)36-15-24(32-17-36)18-5-6-18/h7-15,17-18H,5-6,16H2,1-4H3,(H,31,37)(H,30,33,34). The van der Waals surface area contributed by atoms with Gasteiger partial charge in [0.1, 0.15) is 0 Å². The van der Waals surface area contributed by atoms with E-state index in [1.165, 1.54) is 18.5 Å². The van der Waals surface area contributed by atoms with Crippen LogP contribution in [0.2, 0.25) is 0 Å². The number of imidazole rings is 1. The maximum absolute atomic E-state index is 12.4. The smallest absolute Gasteiger partial charge is 0.251 e. The maximum Gasteiger partial charge on any atom is 0.251 e. The predicted molar refractivity (Wildman–Crippen MR) is 146 cm³/mol. The van der Waals surface area contributed by atoms with Gasteiger partial charge in [-0.1, -0.05) is 13.8 Å². The van der Waals surface area contributed by atoms with Crippen molar-refractivity contribution in [3.63, 3.8) is 0 Å². The minimum Gasteiger partial charge on any atom is -0.373 e. The second-order valence-corrected chi connectivity index (χ2v) is 10.8. The first-order chi connectivity index (χ1) is 17.8. The van der Waals surface area contributed by atoms with E-state index in [1.54, 1.807) is 0 Å². The highest BCUT2D eigenvalue weighted by Crippen LogP contribution is 2.39. The molecule has 1 aliphatic heterocycles. The van der Waals surface area contributed by atoms with Gasteiger partial charge in [0.05, 0.1) is 23.9 Å². The topological polar surface area (TPSA) is 88.0 Å². The highest BCUT2D eigenvalue weighted by atomic mass is 16.1. The summed E-state index contributed by atoms with van der Waals surface area (Å²) in [7, 11) is 3.94. The molecule has 0 unspecified atom stereocenters. The molecule has 0 saturated heterocycles. The molecule has 6 rings (SSSR count). The molecule has 4 aromatic rings. The van der Waals surface area contributed by atoms with Gasteiger partial charge in [-0.05, 0) is 60.9 Å². The Labute approximate surface area is 216 Å². The molecule has 1 fully saturated rings. The molecule has 2 aromatic heterocycles. The van der Waals surface area contributed by atoms with E-state index in [9.17, 15) is 4.79 Å².